The molecule has 0 saturated heterocycles. The molecule has 3 aromatic rings. The summed E-state index contributed by atoms with van der Waals surface area (Å²) in [5.74, 6) is -0.234. The van der Waals surface area contributed by atoms with Gasteiger partial charge >= 0.3 is 0 Å². The Morgan fingerprint density at radius 1 is 1.16 bits per heavy atom. The molecule has 1 unspecified atom stereocenters. The van der Waals surface area contributed by atoms with Gasteiger partial charge in [-0.25, -0.2) is 4.98 Å². The number of carbonyl (C=O) groups is 2. The van der Waals surface area contributed by atoms with Crippen LogP contribution >= 0.6 is 11.3 Å². The van der Waals surface area contributed by atoms with Gasteiger partial charge in [-0.05, 0) is 25.0 Å². The summed E-state index contributed by atoms with van der Waals surface area (Å²) in [6.07, 6.45) is 5.82. The molecule has 5 N–H and O–H groups in total. The predicted octanol–water partition coefficient (Wildman–Crippen LogP) is 3.01. The Bertz CT molecular complexity index is 977. The Labute approximate surface area is 193 Å². The van der Waals surface area contributed by atoms with E-state index < -0.39 is 0 Å². The zero-order chi connectivity index (χ0) is 23.3. The third kappa shape index (κ3) is 8.56. The Morgan fingerprint density at radius 3 is 2.47 bits per heavy atom. The van der Waals surface area contributed by atoms with Gasteiger partial charge in [-0.1, -0.05) is 43.3 Å². The molecule has 0 spiro atoms. The monoisotopic (exact) mass is 453 g/mol. The zero-order valence-electron chi connectivity index (χ0n) is 18.6. The molecule has 1 atom stereocenters. The number of carbonyl (C=O) groups excluding carboxylic acids is 2. The Kier molecular flexibility index (Phi) is 10.5. The smallest absolute Gasteiger partial charge is 0.220 e. The Hall–Kier alpha value is -3.10. The first-order valence-electron chi connectivity index (χ1n) is 10.6. The zero-order valence-corrected chi connectivity index (χ0v) is 19.4. The van der Waals surface area contributed by atoms with E-state index >= 15 is 0 Å². The van der Waals surface area contributed by atoms with E-state index in [-0.39, 0.29) is 17.9 Å². The average Bonchev–Trinajstić information content (AvgIpc) is 3.19. The van der Waals surface area contributed by atoms with Crippen molar-refractivity contribution in [2.75, 3.05) is 6.54 Å². The molecule has 32 heavy (non-hydrogen) atoms. The summed E-state index contributed by atoms with van der Waals surface area (Å²) in [4.78, 5) is 31.8. The van der Waals surface area contributed by atoms with Crippen molar-refractivity contribution in [1.29, 1.82) is 0 Å². The molecule has 0 fully saturated rings. The number of thiazole rings is 1. The molecule has 7 nitrogen and oxygen atoms in total. The average molecular weight is 454 g/mol. The lowest BCUT2D eigenvalue weighted by molar-refractivity contribution is -0.121. The van der Waals surface area contributed by atoms with Crippen molar-refractivity contribution in [2.24, 2.45) is 11.5 Å². The van der Waals surface area contributed by atoms with Crippen LogP contribution in [0.2, 0.25) is 0 Å². The minimum absolute atomic E-state index is 0.0113. The van der Waals surface area contributed by atoms with E-state index in [9.17, 15) is 9.59 Å². The summed E-state index contributed by atoms with van der Waals surface area (Å²) in [5.41, 5.74) is 13.7. The minimum atomic E-state index is -0.245. The number of benzene rings is 1. The van der Waals surface area contributed by atoms with Gasteiger partial charge in [0.15, 0.2) is 0 Å². The number of hydrogen-bond donors (Lipinski definition) is 3. The number of nitrogens with zero attached hydrogens (tertiary/aromatic N) is 2. The molecular formula is C24H31N5O2S. The number of primary amides is 1. The van der Waals surface area contributed by atoms with Crippen LogP contribution in [0.3, 0.4) is 0 Å². The van der Waals surface area contributed by atoms with Crippen LogP contribution in [-0.2, 0) is 22.4 Å². The number of aromatic nitrogens is 2. The highest BCUT2D eigenvalue weighted by Gasteiger charge is 2.14. The van der Waals surface area contributed by atoms with Gasteiger partial charge in [-0.3, -0.25) is 14.6 Å². The summed E-state index contributed by atoms with van der Waals surface area (Å²) in [6.45, 7) is 4.14. The van der Waals surface area contributed by atoms with Gasteiger partial charge in [-0.2, -0.15) is 0 Å². The van der Waals surface area contributed by atoms with E-state index in [4.69, 9.17) is 5.73 Å². The number of nitrogens with one attached hydrogen (secondary N) is 1. The number of amides is 2. The Morgan fingerprint density at radius 2 is 1.88 bits per heavy atom. The van der Waals surface area contributed by atoms with Crippen LogP contribution in [0.25, 0.3) is 10.4 Å². The second kappa shape index (κ2) is 13.3. The lowest BCUT2D eigenvalue weighted by Gasteiger charge is -2.16. The predicted molar refractivity (Wildman–Crippen MR) is 129 cm³/mol. The number of pyridine rings is 1. The first kappa shape index (κ1) is 25.2. The minimum Gasteiger partial charge on any atom is -0.370 e. The van der Waals surface area contributed by atoms with Crippen LogP contribution in [0.1, 0.15) is 36.0 Å². The maximum Gasteiger partial charge on any atom is 0.220 e. The second-order valence-corrected chi connectivity index (χ2v) is 8.36. The molecule has 2 heterocycles. The fourth-order valence-electron chi connectivity index (χ4n) is 2.94. The fourth-order valence-corrected chi connectivity index (χ4v) is 3.99. The van der Waals surface area contributed by atoms with Gasteiger partial charge in [0.05, 0.1) is 15.6 Å². The van der Waals surface area contributed by atoms with E-state index in [1.807, 2.05) is 55.6 Å². The SMILES string of the molecule is CCC(N)=O.Cc1nc(CCC(=O)NC(CN)Cc2ccccc2)sc1-c1cccnc1. The number of nitrogens with two attached hydrogens (primary N) is 2. The second-order valence-electron chi connectivity index (χ2n) is 7.27. The third-order valence-electron chi connectivity index (χ3n) is 4.65. The van der Waals surface area contributed by atoms with Crippen LogP contribution in [0.4, 0.5) is 0 Å². The standard InChI is InChI=1S/C21H24N4OS.C3H7NO/c1-15-21(17-8-5-11-23-14-17)27-20(24-15)10-9-19(26)25-18(13-22)12-16-6-3-2-4-7-16;1-2-3(4)5/h2-8,11,14,18H,9-10,12-13,22H2,1H3,(H,25,26);2H2,1H3,(H2,4,5). The molecule has 0 aliphatic rings. The van der Waals surface area contributed by atoms with Crippen molar-refractivity contribution >= 4 is 23.2 Å². The summed E-state index contributed by atoms with van der Waals surface area (Å²) in [7, 11) is 0. The summed E-state index contributed by atoms with van der Waals surface area (Å²) in [5, 5.41) is 4.01. The molecule has 170 valence electrons. The fraction of sp³-hybridized carbons (Fsp3) is 0.333. The lowest BCUT2D eigenvalue weighted by atomic mass is 10.1. The van der Waals surface area contributed by atoms with Crippen LogP contribution in [0, 0.1) is 6.92 Å². The summed E-state index contributed by atoms with van der Waals surface area (Å²) >= 11 is 1.63. The number of rotatable bonds is 9. The van der Waals surface area contributed by atoms with Gasteiger partial charge < -0.3 is 16.8 Å². The largest absolute Gasteiger partial charge is 0.370 e. The maximum absolute atomic E-state index is 12.3. The van der Waals surface area contributed by atoms with E-state index in [0.29, 0.717) is 25.8 Å². The normalized spacial score (nSPS) is 11.2. The van der Waals surface area contributed by atoms with Crippen LogP contribution in [-0.4, -0.2) is 34.4 Å². The van der Waals surface area contributed by atoms with Gasteiger partial charge in [0.25, 0.3) is 0 Å². The van der Waals surface area contributed by atoms with Crippen molar-refractivity contribution in [3.05, 3.63) is 71.1 Å². The van der Waals surface area contributed by atoms with Crippen molar-refractivity contribution < 1.29 is 9.59 Å². The highest BCUT2D eigenvalue weighted by molar-refractivity contribution is 7.15. The third-order valence-corrected chi connectivity index (χ3v) is 5.92. The van der Waals surface area contributed by atoms with Crippen LogP contribution < -0.4 is 16.8 Å². The summed E-state index contributed by atoms with van der Waals surface area (Å²) in [6, 6.07) is 14.0. The van der Waals surface area contributed by atoms with E-state index in [2.05, 4.69) is 21.0 Å². The first-order valence-corrected chi connectivity index (χ1v) is 11.4. The molecule has 0 radical (unpaired) electrons. The topological polar surface area (TPSA) is 124 Å². The highest BCUT2D eigenvalue weighted by Crippen LogP contribution is 2.29. The first-order chi connectivity index (χ1) is 15.4. The van der Waals surface area contributed by atoms with Gasteiger partial charge in [0.1, 0.15) is 0 Å². The van der Waals surface area contributed by atoms with E-state index in [1.54, 1.807) is 24.5 Å². The van der Waals surface area contributed by atoms with Gasteiger partial charge in [-0.15, -0.1) is 11.3 Å². The molecule has 0 saturated carbocycles. The molecular weight excluding hydrogens is 422 g/mol. The summed E-state index contributed by atoms with van der Waals surface area (Å²) < 4.78 is 0. The lowest BCUT2D eigenvalue weighted by Crippen LogP contribution is -2.41. The van der Waals surface area contributed by atoms with Crippen molar-refractivity contribution in [3.8, 4) is 10.4 Å². The molecule has 0 bridgehead atoms. The quantitative estimate of drug-likeness (QED) is 0.459. The molecule has 3 rings (SSSR count). The van der Waals surface area contributed by atoms with Crippen molar-refractivity contribution in [3.63, 3.8) is 0 Å². The van der Waals surface area contributed by atoms with E-state index in [0.717, 1.165) is 27.6 Å². The van der Waals surface area contributed by atoms with Crippen LogP contribution in [0.15, 0.2) is 54.9 Å². The molecule has 0 aliphatic heterocycles. The molecule has 1 aromatic carbocycles. The van der Waals surface area contributed by atoms with Crippen molar-refractivity contribution in [2.45, 2.75) is 45.6 Å². The molecule has 8 heteroatoms. The number of aryl methyl sites for hydroxylation is 2. The van der Waals surface area contributed by atoms with E-state index in [1.165, 1.54) is 5.56 Å². The maximum atomic E-state index is 12.3. The molecule has 0 aliphatic carbocycles. The van der Waals surface area contributed by atoms with Crippen molar-refractivity contribution in [1.82, 2.24) is 15.3 Å². The number of hydrogen-bond acceptors (Lipinski definition) is 6. The highest BCUT2D eigenvalue weighted by atomic mass is 32.1. The molecule has 2 amide bonds. The van der Waals surface area contributed by atoms with Crippen LogP contribution in [0.5, 0.6) is 0 Å². The Balaban J connectivity index is 0.000000654. The van der Waals surface area contributed by atoms with Gasteiger partial charge in [0.2, 0.25) is 11.8 Å². The van der Waals surface area contributed by atoms with Gasteiger partial charge in [0, 0.05) is 49.8 Å². The molecule has 2 aromatic heterocycles.